The van der Waals surface area contributed by atoms with E-state index in [4.69, 9.17) is 21.1 Å². The van der Waals surface area contributed by atoms with Gasteiger partial charge < -0.3 is 9.47 Å². The quantitative estimate of drug-likeness (QED) is 0.473. The summed E-state index contributed by atoms with van der Waals surface area (Å²) in [4.78, 5) is 0.205. The molecule has 1 unspecified atom stereocenters. The Kier molecular flexibility index (Phi) is 6.58. The van der Waals surface area contributed by atoms with Crippen LogP contribution in [0.4, 0.5) is 5.69 Å². The van der Waals surface area contributed by atoms with Crippen molar-refractivity contribution in [3.05, 3.63) is 82.9 Å². The fraction of sp³-hybridized carbons (Fsp3) is 0.217. The predicted octanol–water partition coefficient (Wildman–Crippen LogP) is 5.62. The Hall–Kier alpha value is -2.70. The first-order valence-electron chi connectivity index (χ1n) is 9.36. The maximum absolute atomic E-state index is 13.7. The highest BCUT2D eigenvalue weighted by atomic mass is 35.5. The van der Waals surface area contributed by atoms with E-state index in [1.807, 2.05) is 13.8 Å². The van der Waals surface area contributed by atoms with Gasteiger partial charge in [-0.15, -0.1) is 0 Å². The molecular weight excluding hydrogens is 422 g/mol. The lowest BCUT2D eigenvalue weighted by Crippen LogP contribution is -2.34. The van der Waals surface area contributed by atoms with Crippen molar-refractivity contribution in [3.8, 4) is 11.5 Å². The summed E-state index contributed by atoms with van der Waals surface area (Å²) in [5, 5.41) is 0.526. The fourth-order valence-corrected chi connectivity index (χ4v) is 5.04. The van der Waals surface area contributed by atoms with E-state index in [0.717, 1.165) is 5.56 Å². The Morgan fingerprint density at radius 2 is 1.53 bits per heavy atom. The van der Waals surface area contributed by atoms with Gasteiger partial charge in [-0.05, 0) is 68.4 Å². The monoisotopic (exact) mass is 445 g/mol. The highest BCUT2D eigenvalue weighted by Crippen LogP contribution is 2.38. The Balaban J connectivity index is 2.20. The van der Waals surface area contributed by atoms with E-state index < -0.39 is 16.1 Å². The minimum atomic E-state index is -3.88. The molecular formula is C23H24ClNO4S. The normalized spacial score (nSPS) is 12.3. The molecule has 0 aliphatic heterocycles. The van der Waals surface area contributed by atoms with E-state index in [1.54, 1.807) is 80.9 Å². The zero-order valence-electron chi connectivity index (χ0n) is 17.3. The lowest BCUT2D eigenvalue weighted by atomic mass is 10.1. The van der Waals surface area contributed by atoms with E-state index >= 15 is 0 Å². The van der Waals surface area contributed by atoms with Gasteiger partial charge in [0.25, 0.3) is 10.0 Å². The summed E-state index contributed by atoms with van der Waals surface area (Å²) in [5.74, 6) is 1.18. The smallest absolute Gasteiger partial charge is 0.264 e. The van der Waals surface area contributed by atoms with Crippen molar-refractivity contribution in [2.24, 2.45) is 0 Å². The Morgan fingerprint density at radius 3 is 2.10 bits per heavy atom. The lowest BCUT2D eigenvalue weighted by Gasteiger charge is -2.32. The van der Waals surface area contributed by atoms with Crippen LogP contribution in [0.1, 0.15) is 24.1 Å². The molecule has 0 aromatic heterocycles. The maximum atomic E-state index is 13.7. The Bertz CT molecular complexity index is 1110. The van der Waals surface area contributed by atoms with Gasteiger partial charge in [-0.2, -0.15) is 0 Å². The number of benzene rings is 3. The summed E-state index contributed by atoms with van der Waals surface area (Å²) in [5.41, 5.74) is 2.16. The Morgan fingerprint density at radius 1 is 0.900 bits per heavy atom. The SMILES string of the molecule is COc1ccc(OC)c(C(C)N(c2ccc(Cl)cc2)S(=O)(=O)c2ccc(C)cc2)c1. The summed E-state index contributed by atoms with van der Waals surface area (Å²) < 4.78 is 39.7. The third kappa shape index (κ3) is 4.40. The van der Waals surface area contributed by atoms with Crippen molar-refractivity contribution in [1.29, 1.82) is 0 Å². The van der Waals surface area contributed by atoms with Crippen LogP contribution in [-0.2, 0) is 10.0 Å². The number of hydrogen-bond donors (Lipinski definition) is 0. The van der Waals surface area contributed by atoms with Gasteiger partial charge in [-0.25, -0.2) is 8.42 Å². The predicted molar refractivity (Wildman–Crippen MR) is 120 cm³/mol. The van der Waals surface area contributed by atoms with Gasteiger partial charge in [-0.1, -0.05) is 29.3 Å². The van der Waals surface area contributed by atoms with Crippen molar-refractivity contribution < 1.29 is 17.9 Å². The second-order valence-corrected chi connectivity index (χ2v) is 9.13. The van der Waals surface area contributed by atoms with Crippen molar-refractivity contribution in [2.75, 3.05) is 18.5 Å². The molecule has 0 N–H and O–H groups in total. The first-order chi connectivity index (χ1) is 14.3. The van der Waals surface area contributed by atoms with Gasteiger partial charge in [0.05, 0.1) is 30.8 Å². The van der Waals surface area contributed by atoms with Crippen LogP contribution in [0.3, 0.4) is 0 Å². The average Bonchev–Trinajstić information content (AvgIpc) is 2.74. The number of anilines is 1. The van der Waals surface area contributed by atoms with E-state index in [1.165, 1.54) is 4.31 Å². The highest BCUT2D eigenvalue weighted by molar-refractivity contribution is 7.92. The van der Waals surface area contributed by atoms with E-state index in [9.17, 15) is 8.42 Å². The number of rotatable bonds is 7. The zero-order chi connectivity index (χ0) is 21.9. The van der Waals surface area contributed by atoms with Gasteiger partial charge in [0.15, 0.2) is 0 Å². The molecule has 0 aliphatic carbocycles. The zero-order valence-corrected chi connectivity index (χ0v) is 18.9. The van der Waals surface area contributed by atoms with Crippen LogP contribution in [-0.4, -0.2) is 22.6 Å². The summed E-state index contributed by atoms with van der Waals surface area (Å²) in [6.07, 6.45) is 0. The number of sulfonamides is 1. The molecule has 0 spiro atoms. The fourth-order valence-electron chi connectivity index (χ4n) is 3.27. The first kappa shape index (κ1) is 22.0. The molecule has 158 valence electrons. The summed E-state index contributed by atoms with van der Waals surface area (Å²) in [6.45, 7) is 3.73. The highest BCUT2D eigenvalue weighted by Gasteiger charge is 2.32. The van der Waals surface area contributed by atoms with Gasteiger partial charge >= 0.3 is 0 Å². The number of ether oxygens (including phenoxy) is 2. The van der Waals surface area contributed by atoms with Gasteiger partial charge in [0.1, 0.15) is 11.5 Å². The van der Waals surface area contributed by atoms with Crippen LogP contribution in [0.5, 0.6) is 11.5 Å². The third-order valence-corrected chi connectivity index (χ3v) is 7.06. The van der Waals surface area contributed by atoms with Crippen LogP contribution in [0, 0.1) is 6.92 Å². The van der Waals surface area contributed by atoms with Crippen LogP contribution >= 0.6 is 11.6 Å². The second kappa shape index (κ2) is 8.98. The summed E-state index contributed by atoms with van der Waals surface area (Å²) >= 11 is 6.04. The van der Waals surface area contributed by atoms with Gasteiger partial charge in [0, 0.05) is 10.6 Å². The largest absolute Gasteiger partial charge is 0.497 e. The third-order valence-electron chi connectivity index (χ3n) is 4.90. The lowest BCUT2D eigenvalue weighted by molar-refractivity contribution is 0.396. The topological polar surface area (TPSA) is 55.8 Å². The molecule has 0 bridgehead atoms. The van der Waals surface area contributed by atoms with Crippen molar-refractivity contribution in [2.45, 2.75) is 24.8 Å². The number of aryl methyl sites for hydroxylation is 1. The molecule has 3 rings (SSSR count). The molecule has 30 heavy (non-hydrogen) atoms. The molecule has 3 aromatic rings. The molecule has 0 fully saturated rings. The number of hydrogen-bond acceptors (Lipinski definition) is 4. The van der Waals surface area contributed by atoms with Crippen LogP contribution in [0.15, 0.2) is 71.6 Å². The molecule has 0 amide bonds. The van der Waals surface area contributed by atoms with Crippen LogP contribution in [0.2, 0.25) is 5.02 Å². The summed E-state index contributed by atoms with van der Waals surface area (Å²) in [6, 6.07) is 18.3. The van der Waals surface area contributed by atoms with Crippen LogP contribution in [0.25, 0.3) is 0 Å². The standard InChI is InChI=1S/C23H24ClNO4S/c1-16-5-12-21(13-6-16)30(26,27)25(19-9-7-18(24)8-10-19)17(2)22-15-20(28-3)11-14-23(22)29-4/h5-15,17H,1-4H3. The molecule has 0 heterocycles. The molecule has 0 aliphatic rings. The summed E-state index contributed by atoms with van der Waals surface area (Å²) in [7, 11) is -0.761. The maximum Gasteiger partial charge on any atom is 0.264 e. The minimum absolute atomic E-state index is 0.205. The van der Waals surface area contributed by atoms with Crippen molar-refractivity contribution in [3.63, 3.8) is 0 Å². The second-order valence-electron chi connectivity index (χ2n) is 6.87. The molecule has 5 nitrogen and oxygen atoms in total. The van der Waals surface area contributed by atoms with Crippen LogP contribution < -0.4 is 13.8 Å². The van der Waals surface area contributed by atoms with E-state index in [2.05, 4.69) is 0 Å². The van der Waals surface area contributed by atoms with Crippen molar-refractivity contribution >= 4 is 27.3 Å². The molecule has 0 radical (unpaired) electrons. The number of halogens is 1. The number of methoxy groups -OCH3 is 2. The average molecular weight is 446 g/mol. The molecule has 0 saturated carbocycles. The van der Waals surface area contributed by atoms with Gasteiger partial charge in [0.2, 0.25) is 0 Å². The minimum Gasteiger partial charge on any atom is -0.497 e. The molecule has 0 saturated heterocycles. The van der Waals surface area contributed by atoms with Crippen molar-refractivity contribution in [1.82, 2.24) is 0 Å². The number of nitrogens with zero attached hydrogens (tertiary/aromatic N) is 1. The van der Waals surface area contributed by atoms with E-state index in [0.29, 0.717) is 27.8 Å². The van der Waals surface area contributed by atoms with E-state index in [-0.39, 0.29) is 4.90 Å². The Labute approximate surface area is 182 Å². The molecule has 7 heteroatoms. The molecule has 1 atom stereocenters. The molecule has 3 aromatic carbocycles. The first-order valence-corrected chi connectivity index (χ1v) is 11.2. The van der Waals surface area contributed by atoms with Gasteiger partial charge in [-0.3, -0.25) is 4.31 Å².